The Kier molecular flexibility index (Phi) is 7.36. The van der Waals surface area contributed by atoms with Crippen LogP contribution in [-0.2, 0) is 17.9 Å². The molecular formula is C24H29ClN4OS. The number of halogens is 1. The molecule has 1 atom stereocenters. The zero-order valence-corrected chi connectivity index (χ0v) is 20.0. The molecule has 31 heavy (non-hydrogen) atoms. The van der Waals surface area contributed by atoms with Gasteiger partial charge in [0.1, 0.15) is 5.82 Å². The van der Waals surface area contributed by atoms with E-state index >= 15 is 0 Å². The first-order valence-electron chi connectivity index (χ1n) is 10.3. The van der Waals surface area contributed by atoms with Crippen LogP contribution in [0.25, 0.3) is 16.2 Å². The predicted molar refractivity (Wildman–Crippen MR) is 133 cm³/mol. The Bertz CT molecular complexity index is 1110. The Labute approximate surface area is 194 Å². The van der Waals surface area contributed by atoms with Crippen LogP contribution in [0.15, 0.2) is 42.6 Å². The summed E-state index contributed by atoms with van der Waals surface area (Å²) in [6.07, 6.45) is 5.32. The number of thiophene rings is 1. The van der Waals surface area contributed by atoms with Crippen molar-refractivity contribution in [2.75, 3.05) is 26.0 Å². The summed E-state index contributed by atoms with van der Waals surface area (Å²) in [5.74, 6) is 0.928. The Morgan fingerprint density at radius 3 is 2.94 bits per heavy atom. The van der Waals surface area contributed by atoms with E-state index in [1.807, 2.05) is 19.3 Å². The van der Waals surface area contributed by atoms with Gasteiger partial charge in [-0.15, -0.1) is 23.7 Å². The molecule has 7 heteroatoms. The van der Waals surface area contributed by atoms with Gasteiger partial charge in [-0.05, 0) is 55.6 Å². The number of carbonyl (C=O) groups excluding carboxylic acids is 1. The predicted octanol–water partition coefficient (Wildman–Crippen LogP) is 4.94. The SMILES string of the molecule is Cc1c(CN(C)C(=O)/C=C/c2cnc3c(c2)CN(C)C(C)CN3)sc2ccccc12.Cl. The van der Waals surface area contributed by atoms with Crippen molar-refractivity contribution in [1.82, 2.24) is 14.8 Å². The largest absolute Gasteiger partial charge is 0.368 e. The minimum Gasteiger partial charge on any atom is -0.368 e. The smallest absolute Gasteiger partial charge is 0.246 e. The summed E-state index contributed by atoms with van der Waals surface area (Å²) in [6.45, 7) is 6.68. The number of pyridine rings is 1. The molecular weight excluding hydrogens is 428 g/mol. The summed E-state index contributed by atoms with van der Waals surface area (Å²) in [7, 11) is 3.98. The van der Waals surface area contributed by atoms with Crippen LogP contribution < -0.4 is 5.32 Å². The third-order valence-corrected chi connectivity index (χ3v) is 7.10. The molecule has 1 unspecified atom stereocenters. The number of nitrogens with one attached hydrogen (secondary N) is 1. The molecule has 0 bridgehead atoms. The maximum atomic E-state index is 12.7. The van der Waals surface area contributed by atoms with Gasteiger partial charge in [-0.25, -0.2) is 4.98 Å². The minimum atomic E-state index is -0.00864. The summed E-state index contributed by atoms with van der Waals surface area (Å²) in [5.41, 5.74) is 3.36. The number of benzene rings is 1. The second kappa shape index (κ2) is 9.81. The molecule has 1 aliphatic rings. The molecule has 2 aromatic heterocycles. The highest BCUT2D eigenvalue weighted by Gasteiger charge is 2.18. The standard InChI is InChI=1S/C24H28N4OS.ClH/c1-16-12-25-24-19(14-27(16)3)11-18(13-26-24)9-10-23(29)28(4)15-22-17(2)20-7-5-6-8-21(20)30-22;/h5-11,13,16H,12,14-15H2,1-4H3,(H,25,26);1H/b10-9+;. The van der Waals surface area contributed by atoms with E-state index in [1.54, 1.807) is 22.3 Å². The highest BCUT2D eigenvalue weighted by atomic mass is 35.5. The van der Waals surface area contributed by atoms with Gasteiger partial charge >= 0.3 is 0 Å². The summed E-state index contributed by atoms with van der Waals surface area (Å²) in [4.78, 5) is 22.6. The summed E-state index contributed by atoms with van der Waals surface area (Å²) in [6, 6.07) is 11.0. The number of rotatable bonds is 4. The van der Waals surface area contributed by atoms with Crippen LogP contribution in [-0.4, -0.2) is 47.4 Å². The van der Waals surface area contributed by atoms with E-state index in [9.17, 15) is 4.79 Å². The lowest BCUT2D eigenvalue weighted by molar-refractivity contribution is -0.125. The second-order valence-electron chi connectivity index (χ2n) is 8.10. The Balaban J connectivity index is 0.00000272. The van der Waals surface area contributed by atoms with Gasteiger partial charge in [-0.3, -0.25) is 9.69 Å². The maximum absolute atomic E-state index is 12.7. The molecule has 0 radical (unpaired) electrons. The average molecular weight is 457 g/mol. The molecule has 3 aromatic rings. The van der Waals surface area contributed by atoms with Gasteiger partial charge in [-0.2, -0.15) is 0 Å². The lowest BCUT2D eigenvalue weighted by atomic mass is 10.1. The van der Waals surface area contributed by atoms with Gasteiger partial charge in [0.05, 0.1) is 6.54 Å². The Morgan fingerprint density at radius 2 is 2.16 bits per heavy atom. The van der Waals surface area contributed by atoms with Crippen LogP contribution in [0.3, 0.4) is 0 Å². The molecule has 1 N–H and O–H groups in total. The molecule has 1 aromatic carbocycles. The number of likely N-dealkylation sites (N-methyl/N-ethyl adjacent to an activating group) is 2. The number of nitrogens with zero attached hydrogens (tertiary/aromatic N) is 3. The van der Waals surface area contributed by atoms with Crippen LogP contribution in [0.1, 0.15) is 28.5 Å². The molecule has 0 spiro atoms. The average Bonchev–Trinajstić information content (AvgIpc) is 2.98. The van der Waals surface area contributed by atoms with Crippen molar-refractivity contribution in [1.29, 1.82) is 0 Å². The van der Waals surface area contributed by atoms with E-state index < -0.39 is 0 Å². The zero-order valence-electron chi connectivity index (χ0n) is 18.4. The first kappa shape index (κ1) is 23.3. The number of carbonyl (C=O) groups is 1. The van der Waals surface area contributed by atoms with Crippen molar-refractivity contribution < 1.29 is 4.79 Å². The number of amides is 1. The molecule has 5 nitrogen and oxygen atoms in total. The topological polar surface area (TPSA) is 48.5 Å². The molecule has 164 valence electrons. The normalized spacial score (nSPS) is 16.5. The van der Waals surface area contributed by atoms with Crippen molar-refractivity contribution in [3.05, 3.63) is 64.2 Å². The number of hydrogen-bond donors (Lipinski definition) is 1. The van der Waals surface area contributed by atoms with Crippen molar-refractivity contribution >= 4 is 51.6 Å². The van der Waals surface area contributed by atoms with E-state index in [4.69, 9.17) is 0 Å². The first-order valence-corrected chi connectivity index (χ1v) is 11.1. The highest BCUT2D eigenvalue weighted by Crippen LogP contribution is 2.31. The zero-order chi connectivity index (χ0) is 21.3. The number of aromatic nitrogens is 1. The van der Waals surface area contributed by atoms with Gasteiger partial charge in [-0.1, -0.05) is 18.2 Å². The van der Waals surface area contributed by atoms with E-state index in [1.165, 1.54) is 20.5 Å². The third kappa shape index (κ3) is 5.09. The second-order valence-corrected chi connectivity index (χ2v) is 9.23. The monoisotopic (exact) mass is 456 g/mol. The van der Waals surface area contributed by atoms with E-state index in [0.29, 0.717) is 12.6 Å². The fourth-order valence-corrected chi connectivity index (χ4v) is 4.95. The fraction of sp³-hybridized carbons (Fsp3) is 0.333. The van der Waals surface area contributed by atoms with Crippen LogP contribution in [0.4, 0.5) is 5.82 Å². The quantitative estimate of drug-likeness (QED) is 0.564. The minimum absolute atomic E-state index is 0. The molecule has 0 saturated heterocycles. The molecule has 1 amide bonds. The van der Waals surface area contributed by atoms with Gasteiger partial charge in [0.2, 0.25) is 5.91 Å². The van der Waals surface area contributed by atoms with Crippen LogP contribution in [0, 0.1) is 6.92 Å². The number of fused-ring (bicyclic) bond motifs is 2. The maximum Gasteiger partial charge on any atom is 0.246 e. The van der Waals surface area contributed by atoms with Crippen molar-refractivity contribution in [2.45, 2.75) is 33.0 Å². The molecule has 4 rings (SSSR count). The summed E-state index contributed by atoms with van der Waals surface area (Å²) < 4.78 is 1.27. The number of hydrogen-bond acceptors (Lipinski definition) is 5. The van der Waals surface area contributed by atoms with Gasteiger partial charge in [0.25, 0.3) is 0 Å². The summed E-state index contributed by atoms with van der Waals surface area (Å²) >= 11 is 1.76. The molecule has 0 aliphatic carbocycles. The lowest BCUT2D eigenvalue weighted by Crippen LogP contribution is -2.31. The Hall–Kier alpha value is -2.41. The van der Waals surface area contributed by atoms with E-state index in [0.717, 1.165) is 30.0 Å². The lowest BCUT2D eigenvalue weighted by Gasteiger charge is -2.20. The van der Waals surface area contributed by atoms with Crippen LogP contribution in [0.2, 0.25) is 0 Å². The Morgan fingerprint density at radius 1 is 1.39 bits per heavy atom. The van der Waals surface area contributed by atoms with Gasteiger partial charge in [0, 0.05) is 53.6 Å². The number of anilines is 1. The van der Waals surface area contributed by atoms with Crippen molar-refractivity contribution in [3.63, 3.8) is 0 Å². The van der Waals surface area contributed by atoms with Crippen LogP contribution >= 0.6 is 23.7 Å². The highest BCUT2D eigenvalue weighted by molar-refractivity contribution is 7.19. The summed E-state index contributed by atoms with van der Waals surface area (Å²) in [5, 5.41) is 4.68. The van der Waals surface area contributed by atoms with Crippen LogP contribution in [0.5, 0.6) is 0 Å². The van der Waals surface area contributed by atoms with Crippen molar-refractivity contribution in [2.24, 2.45) is 0 Å². The van der Waals surface area contributed by atoms with Gasteiger partial charge in [0.15, 0.2) is 0 Å². The van der Waals surface area contributed by atoms with Gasteiger partial charge < -0.3 is 10.2 Å². The van der Waals surface area contributed by atoms with E-state index in [-0.39, 0.29) is 18.3 Å². The number of aryl methyl sites for hydroxylation is 1. The fourth-order valence-electron chi connectivity index (χ4n) is 3.69. The van der Waals surface area contributed by atoms with Crippen molar-refractivity contribution in [3.8, 4) is 0 Å². The molecule has 1 aliphatic heterocycles. The molecule has 0 saturated carbocycles. The third-order valence-electron chi connectivity index (χ3n) is 5.84. The molecule has 3 heterocycles. The van der Waals surface area contributed by atoms with E-state index in [2.05, 4.69) is 66.4 Å². The first-order chi connectivity index (χ1) is 14.4. The molecule has 0 fully saturated rings.